The van der Waals surface area contributed by atoms with Crippen molar-refractivity contribution in [2.75, 3.05) is 5.32 Å². The molecule has 1 aliphatic carbocycles. The average Bonchev–Trinajstić information content (AvgIpc) is 3.05. The van der Waals surface area contributed by atoms with E-state index in [0.717, 1.165) is 29.9 Å². The third kappa shape index (κ3) is 3.80. The van der Waals surface area contributed by atoms with Gasteiger partial charge in [0.15, 0.2) is 4.96 Å². The number of nitrogens with zero attached hydrogens (tertiary/aromatic N) is 2. The maximum atomic E-state index is 12.6. The molecule has 2 heterocycles. The molecule has 0 saturated carbocycles. The fourth-order valence-corrected chi connectivity index (χ4v) is 4.56. The Hall–Kier alpha value is -2.67. The van der Waals surface area contributed by atoms with Crippen molar-refractivity contribution in [1.82, 2.24) is 9.38 Å². The summed E-state index contributed by atoms with van der Waals surface area (Å²) in [7, 11) is 0. The van der Waals surface area contributed by atoms with E-state index in [4.69, 9.17) is 4.74 Å². The van der Waals surface area contributed by atoms with Crippen LogP contribution in [0, 0.1) is 5.92 Å². The minimum atomic E-state index is -0.0925. The molecule has 0 bridgehead atoms. The van der Waals surface area contributed by atoms with Gasteiger partial charge in [0.1, 0.15) is 12.4 Å². The summed E-state index contributed by atoms with van der Waals surface area (Å²) in [5.41, 5.74) is 2.39. The van der Waals surface area contributed by atoms with Crippen molar-refractivity contribution >= 4 is 27.9 Å². The standard InChI is InChI=1S/C21H23N3O3S/c1-13(2)20(26)22-14-6-5-7-16(10-14)27-12-15-11-19(25)24-17-8-3-4-9-18(17)28-21(24)23-15/h5-7,10-11,13H,3-4,8-9,12H2,1-2H3,(H,22,26). The van der Waals surface area contributed by atoms with Crippen molar-refractivity contribution < 1.29 is 9.53 Å². The molecule has 3 aromatic rings. The van der Waals surface area contributed by atoms with E-state index < -0.39 is 0 Å². The van der Waals surface area contributed by atoms with Gasteiger partial charge in [0.25, 0.3) is 5.56 Å². The van der Waals surface area contributed by atoms with Gasteiger partial charge in [0.2, 0.25) is 5.91 Å². The normalized spacial score (nSPS) is 13.5. The SMILES string of the molecule is CC(C)C(=O)Nc1cccc(OCc2cc(=O)n3c4c(sc3n2)CCCC4)c1. The molecule has 0 atom stereocenters. The first-order valence-corrected chi connectivity index (χ1v) is 10.4. The smallest absolute Gasteiger partial charge is 0.259 e. The Morgan fingerprint density at radius 3 is 2.93 bits per heavy atom. The molecule has 0 unspecified atom stereocenters. The topological polar surface area (TPSA) is 72.7 Å². The lowest BCUT2D eigenvalue weighted by molar-refractivity contribution is -0.118. The van der Waals surface area contributed by atoms with Gasteiger partial charge in [-0.2, -0.15) is 0 Å². The first-order valence-electron chi connectivity index (χ1n) is 9.58. The molecular weight excluding hydrogens is 374 g/mol. The van der Waals surface area contributed by atoms with Gasteiger partial charge in [-0.15, -0.1) is 11.3 Å². The van der Waals surface area contributed by atoms with Crippen LogP contribution in [-0.2, 0) is 24.2 Å². The van der Waals surface area contributed by atoms with E-state index in [0.29, 0.717) is 17.1 Å². The summed E-state index contributed by atoms with van der Waals surface area (Å²) in [5.74, 6) is 0.484. The Labute approximate surface area is 167 Å². The Bertz CT molecular complexity index is 1080. The van der Waals surface area contributed by atoms with E-state index in [-0.39, 0.29) is 24.0 Å². The molecule has 0 radical (unpaired) electrons. The molecule has 0 spiro atoms. The van der Waals surface area contributed by atoms with Gasteiger partial charge in [-0.1, -0.05) is 19.9 Å². The zero-order valence-electron chi connectivity index (χ0n) is 16.0. The molecular formula is C21H23N3O3S. The first kappa shape index (κ1) is 18.7. The maximum Gasteiger partial charge on any atom is 0.259 e. The van der Waals surface area contributed by atoms with Gasteiger partial charge >= 0.3 is 0 Å². The molecule has 1 aliphatic rings. The summed E-state index contributed by atoms with van der Waals surface area (Å²) in [4.78, 5) is 31.1. The first-order chi connectivity index (χ1) is 13.5. The monoisotopic (exact) mass is 397 g/mol. The second-order valence-electron chi connectivity index (χ2n) is 7.34. The van der Waals surface area contributed by atoms with Crippen LogP contribution in [-0.4, -0.2) is 15.3 Å². The van der Waals surface area contributed by atoms with Crippen LogP contribution in [0.3, 0.4) is 0 Å². The van der Waals surface area contributed by atoms with Gasteiger partial charge in [-0.3, -0.25) is 14.0 Å². The van der Waals surface area contributed by atoms with Crippen LogP contribution in [0.4, 0.5) is 5.69 Å². The molecule has 146 valence electrons. The predicted octanol–water partition coefficient (Wildman–Crippen LogP) is 3.81. The lowest BCUT2D eigenvalue weighted by atomic mass is 10.0. The summed E-state index contributed by atoms with van der Waals surface area (Å²) in [5, 5.41) is 2.85. The summed E-state index contributed by atoms with van der Waals surface area (Å²) in [6.45, 7) is 3.90. The molecule has 0 aliphatic heterocycles. The summed E-state index contributed by atoms with van der Waals surface area (Å²) in [6, 6.07) is 8.79. The van der Waals surface area contributed by atoms with E-state index in [1.54, 1.807) is 27.9 Å². The number of aromatic nitrogens is 2. The second kappa shape index (κ2) is 7.75. The number of nitrogens with one attached hydrogen (secondary N) is 1. The second-order valence-corrected chi connectivity index (χ2v) is 8.41. The molecule has 28 heavy (non-hydrogen) atoms. The highest BCUT2D eigenvalue weighted by atomic mass is 32.1. The number of aryl methyl sites for hydroxylation is 2. The van der Waals surface area contributed by atoms with Crippen LogP contribution in [0.1, 0.15) is 43.0 Å². The molecule has 6 nitrogen and oxygen atoms in total. The lowest BCUT2D eigenvalue weighted by Crippen LogP contribution is -2.18. The van der Waals surface area contributed by atoms with E-state index in [2.05, 4.69) is 10.3 Å². The third-order valence-electron chi connectivity index (χ3n) is 4.83. The Balaban J connectivity index is 1.52. The van der Waals surface area contributed by atoms with Gasteiger partial charge < -0.3 is 10.1 Å². The number of fused-ring (bicyclic) bond motifs is 3. The number of amides is 1. The van der Waals surface area contributed by atoms with Crippen LogP contribution in [0.2, 0.25) is 0 Å². The van der Waals surface area contributed by atoms with E-state index >= 15 is 0 Å². The van der Waals surface area contributed by atoms with Crippen LogP contribution in [0.25, 0.3) is 4.96 Å². The molecule has 1 N–H and O–H groups in total. The lowest BCUT2D eigenvalue weighted by Gasteiger charge is -2.11. The maximum absolute atomic E-state index is 12.6. The fourth-order valence-electron chi connectivity index (χ4n) is 3.32. The minimum Gasteiger partial charge on any atom is -0.487 e. The van der Waals surface area contributed by atoms with Gasteiger partial charge in [0.05, 0.1) is 5.69 Å². The highest BCUT2D eigenvalue weighted by Gasteiger charge is 2.18. The summed E-state index contributed by atoms with van der Waals surface area (Å²) < 4.78 is 7.58. The van der Waals surface area contributed by atoms with Crippen molar-refractivity contribution in [1.29, 1.82) is 0 Å². The average molecular weight is 398 g/mol. The molecule has 0 fully saturated rings. The van der Waals surface area contributed by atoms with Gasteiger partial charge in [0, 0.05) is 34.3 Å². The Morgan fingerprint density at radius 2 is 2.11 bits per heavy atom. The van der Waals surface area contributed by atoms with Crippen LogP contribution < -0.4 is 15.6 Å². The largest absolute Gasteiger partial charge is 0.487 e. The number of anilines is 1. The zero-order chi connectivity index (χ0) is 19.7. The predicted molar refractivity (Wildman–Crippen MR) is 110 cm³/mol. The van der Waals surface area contributed by atoms with E-state index in [1.165, 1.54) is 11.3 Å². The van der Waals surface area contributed by atoms with Gasteiger partial charge in [-0.05, 0) is 37.8 Å². The summed E-state index contributed by atoms with van der Waals surface area (Å²) >= 11 is 1.61. The minimum absolute atomic E-state index is 0.0408. The van der Waals surface area contributed by atoms with Crippen molar-refractivity contribution in [3.63, 3.8) is 0 Å². The van der Waals surface area contributed by atoms with Crippen LogP contribution in [0.15, 0.2) is 35.1 Å². The van der Waals surface area contributed by atoms with Crippen molar-refractivity contribution in [2.45, 2.75) is 46.1 Å². The van der Waals surface area contributed by atoms with Crippen molar-refractivity contribution in [2.24, 2.45) is 5.92 Å². The highest BCUT2D eigenvalue weighted by Crippen LogP contribution is 2.28. The fraction of sp³-hybridized carbons (Fsp3) is 0.381. The molecule has 7 heteroatoms. The van der Waals surface area contributed by atoms with E-state index in [1.807, 2.05) is 32.0 Å². The number of thiazole rings is 1. The Morgan fingerprint density at radius 1 is 1.29 bits per heavy atom. The summed E-state index contributed by atoms with van der Waals surface area (Å²) in [6.07, 6.45) is 4.28. The highest BCUT2D eigenvalue weighted by molar-refractivity contribution is 7.17. The van der Waals surface area contributed by atoms with Gasteiger partial charge in [-0.25, -0.2) is 4.98 Å². The zero-order valence-corrected chi connectivity index (χ0v) is 16.8. The number of ether oxygens (including phenoxy) is 1. The molecule has 2 aromatic heterocycles. The number of benzene rings is 1. The van der Waals surface area contributed by atoms with Crippen LogP contribution in [0.5, 0.6) is 5.75 Å². The van der Waals surface area contributed by atoms with Crippen molar-refractivity contribution in [3.8, 4) is 5.75 Å². The molecule has 1 amide bonds. The number of carbonyl (C=O) groups excluding carboxylic acids is 1. The van der Waals surface area contributed by atoms with Crippen molar-refractivity contribution in [3.05, 3.63) is 57.0 Å². The number of hydrogen-bond donors (Lipinski definition) is 1. The number of carbonyl (C=O) groups is 1. The number of hydrogen-bond acceptors (Lipinski definition) is 5. The van der Waals surface area contributed by atoms with Crippen LogP contribution >= 0.6 is 11.3 Å². The van der Waals surface area contributed by atoms with E-state index in [9.17, 15) is 9.59 Å². The Kier molecular flexibility index (Phi) is 5.17. The molecule has 1 aromatic carbocycles. The molecule has 4 rings (SSSR count). The third-order valence-corrected chi connectivity index (χ3v) is 5.97. The quantitative estimate of drug-likeness (QED) is 0.711. The molecule has 0 saturated heterocycles. The number of rotatable bonds is 5.